The Labute approximate surface area is 130 Å². The van der Waals surface area contributed by atoms with Gasteiger partial charge in [-0.1, -0.05) is 24.0 Å². The number of nitrogens with zero attached hydrogens (tertiary/aromatic N) is 1. The molecule has 1 aliphatic heterocycles. The van der Waals surface area contributed by atoms with Crippen LogP contribution in [0.4, 0.5) is 0 Å². The van der Waals surface area contributed by atoms with Crippen molar-refractivity contribution in [3.05, 3.63) is 28.7 Å². The van der Waals surface area contributed by atoms with Gasteiger partial charge >= 0.3 is 0 Å². The second-order valence-corrected chi connectivity index (χ2v) is 5.74. The molecule has 1 fully saturated rings. The highest BCUT2D eigenvalue weighted by atomic mass is 32.2. The van der Waals surface area contributed by atoms with Gasteiger partial charge in [-0.3, -0.25) is 9.69 Å². The number of phenols is 1. The van der Waals surface area contributed by atoms with Gasteiger partial charge in [0.15, 0.2) is 0 Å². The van der Waals surface area contributed by atoms with E-state index in [1.54, 1.807) is 12.1 Å². The molecule has 0 bridgehead atoms. The van der Waals surface area contributed by atoms with Gasteiger partial charge in [0.05, 0.1) is 24.5 Å². The van der Waals surface area contributed by atoms with Crippen LogP contribution < -0.4 is 9.84 Å². The Morgan fingerprint density at radius 1 is 1.57 bits per heavy atom. The SMILES string of the molecule is COc1ccc(O)c(/C=C2\SC(=S)N(CC(=O)[O-])C2=O)c1. The van der Waals surface area contributed by atoms with E-state index < -0.39 is 18.4 Å². The molecule has 0 atom stereocenters. The third-order valence-electron chi connectivity index (χ3n) is 2.68. The summed E-state index contributed by atoms with van der Waals surface area (Å²) >= 11 is 5.93. The summed E-state index contributed by atoms with van der Waals surface area (Å²) in [6.07, 6.45) is 1.44. The van der Waals surface area contributed by atoms with Crippen LogP contribution in [0.25, 0.3) is 6.08 Å². The van der Waals surface area contributed by atoms with Gasteiger partial charge in [-0.05, 0) is 24.3 Å². The third-order valence-corrected chi connectivity index (χ3v) is 4.06. The zero-order valence-electron chi connectivity index (χ0n) is 10.9. The lowest BCUT2D eigenvalue weighted by atomic mass is 10.1. The minimum atomic E-state index is -1.39. The van der Waals surface area contributed by atoms with E-state index in [4.69, 9.17) is 17.0 Å². The van der Waals surface area contributed by atoms with Crippen LogP contribution in [0.5, 0.6) is 11.5 Å². The minimum absolute atomic E-state index is 0.0269. The molecule has 0 radical (unpaired) electrons. The van der Waals surface area contributed by atoms with Crippen LogP contribution in [-0.4, -0.2) is 39.9 Å². The molecule has 1 aromatic carbocycles. The number of carboxylic acid groups (broad SMARTS) is 1. The Balaban J connectivity index is 2.32. The van der Waals surface area contributed by atoms with E-state index in [1.807, 2.05) is 0 Å². The fraction of sp³-hybridized carbons (Fsp3) is 0.154. The molecule has 1 heterocycles. The topological polar surface area (TPSA) is 89.9 Å². The van der Waals surface area contributed by atoms with E-state index in [1.165, 1.54) is 19.3 Å². The molecule has 0 aromatic heterocycles. The van der Waals surface area contributed by atoms with Gasteiger partial charge in [0, 0.05) is 5.56 Å². The highest BCUT2D eigenvalue weighted by Gasteiger charge is 2.32. The number of carboxylic acids is 1. The van der Waals surface area contributed by atoms with E-state index in [0.717, 1.165) is 16.7 Å². The number of carbonyl (C=O) groups excluding carboxylic acids is 2. The Kier molecular flexibility index (Phi) is 4.49. The van der Waals surface area contributed by atoms with Crippen LogP contribution in [0.3, 0.4) is 0 Å². The summed E-state index contributed by atoms with van der Waals surface area (Å²) in [5, 5.41) is 20.4. The molecule has 0 saturated carbocycles. The van der Waals surface area contributed by atoms with E-state index in [2.05, 4.69) is 0 Å². The molecule has 0 spiro atoms. The number of methoxy groups -OCH3 is 1. The number of rotatable bonds is 4. The first kappa shape index (κ1) is 15.3. The Morgan fingerprint density at radius 3 is 2.90 bits per heavy atom. The summed E-state index contributed by atoms with van der Waals surface area (Å²) in [6.45, 7) is -0.591. The maximum absolute atomic E-state index is 12.1. The summed E-state index contributed by atoms with van der Waals surface area (Å²) in [7, 11) is 1.48. The second-order valence-electron chi connectivity index (χ2n) is 4.06. The number of aromatic hydroxyl groups is 1. The van der Waals surface area contributed by atoms with Crippen molar-refractivity contribution in [2.75, 3.05) is 13.7 Å². The van der Waals surface area contributed by atoms with Crippen molar-refractivity contribution in [3.63, 3.8) is 0 Å². The van der Waals surface area contributed by atoms with Gasteiger partial charge in [0.2, 0.25) is 0 Å². The number of carbonyl (C=O) groups is 2. The Hall–Kier alpha value is -2.06. The molecule has 0 aliphatic carbocycles. The lowest BCUT2D eigenvalue weighted by Crippen LogP contribution is -2.40. The molecule has 6 nitrogen and oxygen atoms in total. The maximum atomic E-state index is 12.1. The van der Waals surface area contributed by atoms with Gasteiger partial charge in [-0.15, -0.1) is 0 Å². The lowest BCUT2D eigenvalue weighted by Gasteiger charge is -2.14. The molecule has 1 aromatic rings. The van der Waals surface area contributed by atoms with E-state index >= 15 is 0 Å². The summed E-state index contributed by atoms with van der Waals surface area (Å²) in [4.78, 5) is 23.8. The summed E-state index contributed by atoms with van der Waals surface area (Å²) < 4.78 is 5.18. The predicted molar refractivity (Wildman–Crippen MR) is 79.5 cm³/mol. The highest BCUT2D eigenvalue weighted by Crippen LogP contribution is 2.34. The first-order valence-corrected chi connectivity index (χ1v) is 6.97. The van der Waals surface area contributed by atoms with Gasteiger partial charge in [0.1, 0.15) is 15.8 Å². The number of amides is 1. The number of aliphatic carboxylic acids is 1. The number of benzene rings is 1. The van der Waals surface area contributed by atoms with E-state index in [0.29, 0.717) is 11.3 Å². The fourth-order valence-corrected chi connectivity index (χ4v) is 2.93. The summed E-state index contributed by atoms with van der Waals surface area (Å²) in [6, 6.07) is 4.57. The normalized spacial score (nSPS) is 16.6. The number of hydrogen-bond donors (Lipinski definition) is 1. The van der Waals surface area contributed by atoms with Crippen molar-refractivity contribution in [3.8, 4) is 11.5 Å². The molecule has 1 amide bonds. The van der Waals surface area contributed by atoms with Crippen LogP contribution in [-0.2, 0) is 9.59 Å². The molecule has 8 heteroatoms. The number of hydrogen-bond acceptors (Lipinski definition) is 7. The predicted octanol–water partition coefficient (Wildman–Crippen LogP) is 0.352. The number of thiocarbonyl (C=S) groups is 1. The van der Waals surface area contributed by atoms with Crippen LogP contribution in [0.15, 0.2) is 23.1 Å². The molecule has 1 saturated heterocycles. The number of thioether (sulfide) groups is 1. The van der Waals surface area contributed by atoms with Crippen LogP contribution in [0.2, 0.25) is 0 Å². The van der Waals surface area contributed by atoms with Gasteiger partial charge in [0.25, 0.3) is 5.91 Å². The van der Waals surface area contributed by atoms with Crippen LogP contribution in [0.1, 0.15) is 5.56 Å². The zero-order chi connectivity index (χ0) is 15.6. The van der Waals surface area contributed by atoms with Gasteiger partial charge in [-0.25, -0.2) is 0 Å². The van der Waals surface area contributed by atoms with Crippen molar-refractivity contribution in [1.82, 2.24) is 4.90 Å². The Bertz CT molecular complexity index is 656. The largest absolute Gasteiger partial charge is 0.548 e. The summed E-state index contributed by atoms with van der Waals surface area (Å²) in [5.41, 5.74) is 0.378. The molecular formula is C13H10NO5S2-. The van der Waals surface area contributed by atoms with Gasteiger partial charge in [-0.2, -0.15) is 0 Å². The standard InChI is InChI=1S/C13H11NO5S2/c1-19-8-2-3-9(15)7(4-8)5-10-12(18)14(6-11(16)17)13(20)21-10/h2-5,15H,6H2,1H3,(H,16,17)/p-1/b10-5-. The molecule has 2 rings (SSSR count). The molecule has 1 N–H and O–H groups in total. The lowest BCUT2D eigenvalue weighted by molar-refractivity contribution is -0.305. The number of ether oxygens (including phenoxy) is 1. The summed E-state index contributed by atoms with van der Waals surface area (Å²) in [5.74, 6) is -1.43. The Morgan fingerprint density at radius 2 is 2.29 bits per heavy atom. The van der Waals surface area contributed by atoms with E-state index in [-0.39, 0.29) is 15.0 Å². The smallest absolute Gasteiger partial charge is 0.266 e. The van der Waals surface area contributed by atoms with Crippen LogP contribution >= 0.6 is 24.0 Å². The van der Waals surface area contributed by atoms with Gasteiger partial charge < -0.3 is 19.7 Å². The minimum Gasteiger partial charge on any atom is -0.548 e. The fourth-order valence-electron chi connectivity index (χ4n) is 1.68. The monoisotopic (exact) mass is 324 g/mol. The van der Waals surface area contributed by atoms with Crippen molar-refractivity contribution in [2.45, 2.75) is 0 Å². The average molecular weight is 324 g/mol. The van der Waals surface area contributed by atoms with Crippen molar-refractivity contribution < 1.29 is 24.5 Å². The molecule has 0 unspecified atom stereocenters. The zero-order valence-corrected chi connectivity index (χ0v) is 12.5. The highest BCUT2D eigenvalue weighted by molar-refractivity contribution is 8.26. The number of phenolic OH excluding ortho intramolecular Hbond substituents is 1. The maximum Gasteiger partial charge on any atom is 0.266 e. The molecule has 110 valence electrons. The van der Waals surface area contributed by atoms with E-state index in [9.17, 15) is 19.8 Å². The average Bonchev–Trinajstić information content (AvgIpc) is 2.68. The first-order valence-electron chi connectivity index (χ1n) is 5.74. The second kappa shape index (κ2) is 6.15. The molecule has 1 aliphatic rings. The van der Waals surface area contributed by atoms with Crippen LogP contribution in [0, 0.1) is 0 Å². The van der Waals surface area contributed by atoms with Crippen molar-refractivity contribution >= 4 is 46.3 Å². The quantitative estimate of drug-likeness (QED) is 0.631. The molecule has 21 heavy (non-hydrogen) atoms. The molecular weight excluding hydrogens is 314 g/mol. The first-order chi connectivity index (χ1) is 9.92. The third kappa shape index (κ3) is 3.34. The van der Waals surface area contributed by atoms with Crippen molar-refractivity contribution in [2.24, 2.45) is 0 Å². The van der Waals surface area contributed by atoms with Crippen molar-refractivity contribution in [1.29, 1.82) is 0 Å².